The van der Waals surface area contributed by atoms with Crippen LogP contribution in [0.3, 0.4) is 0 Å². The van der Waals surface area contributed by atoms with E-state index in [1.807, 2.05) is 4.90 Å². The third kappa shape index (κ3) is 3.56. The number of anilines is 1. The van der Waals surface area contributed by atoms with Gasteiger partial charge in [-0.05, 0) is 31.4 Å². The summed E-state index contributed by atoms with van der Waals surface area (Å²) in [7, 11) is 0. The third-order valence-corrected chi connectivity index (χ3v) is 2.96. The number of piperidine rings is 1. The van der Waals surface area contributed by atoms with Crippen LogP contribution in [0, 0.1) is 0 Å². The lowest BCUT2D eigenvalue weighted by atomic mass is 10.1. The fraction of sp³-hybridized carbons (Fsp3) is 0.545. The Hall–Kier alpha value is -1.36. The summed E-state index contributed by atoms with van der Waals surface area (Å²) in [5.41, 5.74) is 0. The van der Waals surface area contributed by atoms with Gasteiger partial charge in [0, 0.05) is 13.1 Å². The van der Waals surface area contributed by atoms with Crippen molar-refractivity contribution in [1.29, 1.82) is 0 Å². The van der Waals surface area contributed by atoms with Gasteiger partial charge in [0.25, 0.3) is 0 Å². The first-order valence-corrected chi connectivity index (χ1v) is 6.14. The minimum atomic E-state index is 0.112. The highest BCUT2D eigenvalue weighted by Crippen LogP contribution is 2.09. The first-order chi connectivity index (χ1) is 8.25. The van der Waals surface area contributed by atoms with Crippen molar-refractivity contribution in [3.8, 4) is 0 Å². The highest BCUT2D eigenvalue weighted by Gasteiger charge is 2.15. The maximum Gasteiger partial charge on any atom is 0.241 e. The van der Waals surface area contributed by atoms with E-state index >= 15 is 0 Å². The van der Waals surface area contributed by atoms with Crippen LogP contribution < -0.4 is 5.32 Å². The topological polar surface area (TPSA) is 58.1 Å². The number of hydrogen-bond acceptors (Lipinski definition) is 4. The Morgan fingerprint density at radius 3 is 2.71 bits per heavy atom. The minimum absolute atomic E-state index is 0.112. The molecule has 1 aromatic heterocycles. The highest BCUT2D eigenvalue weighted by atomic mass is 35.5. The van der Waals surface area contributed by atoms with Gasteiger partial charge in [0.05, 0.1) is 6.54 Å². The van der Waals surface area contributed by atoms with Crippen LogP contribution in [0.5, 0.6) is 0 Å². The molecule has 17 heavy (non-hydrogen) atoms. The highest BCUT2D eigenvalue weighted by molar-refractivity contribution is 6.29. The van der Waals surface area contributed by atoms with E-state index in [0.29, 0.717) is 11.0 Å². The van der Waals surface area contributed by atoms with Crippen molar-refractivity contribution >= 4 is 23.3 Å². The third-order valence-electron chi connectivity index (χ3n) is 2.76. The molecule has 0 saturated carbocycles. The van der Waals surface area contributed by atoms with Gasteiger partial charge in [-0.1, -0.05) is 11.6 Å². The molecule has 1 amide bonds. The summed E-state index contributed by atoms with van der Waals surface area (Å²) in [4.78, 5) is 13.7. The van der Waals surface area contributed by atoms with Gasteiger partial charge in [-0.3, -0.25) is 4.79 Å². The Labute approximate surface area is 105 Å². The summed E-state index contributed by atoms with van der Waals surface area (Å²) in [6, 6.07) is 3.35. The van der Waals surface area contributed by atoms with Gasteiger partial charge in [-0.25, -0.2) is 0 Å². The van der Waals surface area contributed by atoms with Gasteiger partial charge in [0.1, 0.15) is 5.82 Å². The van der Waals surface area contributed by atoms with Gasteiger partial charge >= 0.3 is 0 Å². The summed E-state index contributed by atoms with van der Waals surface area (Å²) in [6.45, 7) is 2.00. The largest absolute Gasteiger partial charge is 0.360 e. The van der Waals surface area contributed by atoms with E-state index in [2.05, 4.69) is 15.5 Å². The van der Waals surface area contributed by atoms with Crippen LogP contribution in [-0.2, 0) is 4.79 Å². The van der Waals surface area contributed by atoms with Crippen molar-refractivity contribution in [2.24, 2.45) is 0 Å². The molecule has 6 heteroatoms. The average Bonchev–Trinajstić information content (AvgIpc) is 2.39. The molecule has 1 N–H and O–H groups in total. The average molecular weight is 255 g/mol. The molecule has 0 atom stereocenters. The summed E-state index contributed by atoms with van der Waals surface area (Å²) < 4.78 is 0. The predicted octanol–water partition coefficient (Wildman–Crippen LogP) is 1.55. The molecule has 92 valence electrons. The van der Waals surface area contributed by atoms with Crippen LogP contribution in [0.4, 0.5) is 5.82 Å². The molecule has 0 radical (unpaired) electrons. The Morgan fingerprint density at radius 2 is 2.06 bits per heavy atom. The van der Waals surface area contributed by atoms with E-state index in [1.165, 1.54) is 6.42 Å². The zero-order chi connectivity index (χ0) is 12.1. The molecule has 1 saturated heterocycles. The Balaban J connectivity index is 1.81. The first kappa shape index (κ1) is 12.1. The molecule has 0 bridgehead atoms. The second-order valence-electron chi connectivity index (χ2n) is 4.04. The van der Waals surface area contributed by atoms with E-state index in [1.54, 1.807) is 12.1 Å². The molecule has 0 aliphatic carbocycles. The lowest BCUT2D eigenvalue weighted by Gasteiger charge is -2.26. The zero-order valence-electron chi connectivity index (χ0n) is 9.53. The van der Waals surface area contributed by atoms with E-state index < -0.39 is 0 Å². The molecular formula is C11H15ClN4O. The van der Waals surface area contributed by atoms with E-state index in [4.69, 9.17) is 11.6 Å². The van der Waals surface area contributed by atoms with E-state index in [-0.39, 0.29) is 12.5 Å². The number of carbonyl (C=O) groups is 1. The van der Waals surface area contributed by atoms with Crippen molar-refractivity contribution in [3.05, 3.63) is 17.3 Å². The standard InChI is InChI=1S/C11H15ClN4O/c12-9-4-5-10(15-14-9)13-8-11(17)16-6-2-1-3-7-16/h4-5H,1-3,6-8H2,(H,13,15). The van der Waals surface area contributed by atoms with Crippen LogP contribution in [-0.4, -0.2) is 40.6 Å². The molecule has 0 unspecified atom stereocenters. The monoisotopic (exact) mass is 254 g/mol. The lowest BCUT2D eigenvalue weighted by Crippen LogP contribution is -2.39. The normalized spacial score (nSPS) is 15.7. The van der Waals surface area contributed by atoms with E-state index in [9.17, 15) is 4.79 Å². The predicted molar refractivity (Wildman–Crippen MR) is 66.0 cm³/mol. The number of rotatable bonds is 3. The number of likely N-dealkylation sites (tertiary alicyclic amines) is 1. The SMILES string of the molecule is O=C(CNc1ccc(Cl)nn1)N1CCCCC1. The van der Waals surface area contributed by atoms with Gasteiger partial charge in [0.2, 0.25) is 5.91 Å². The van der Waals surface area contributed by atoms with E-state index in [0.717, 1.165) is 25.9 Å². The zero-order valence-corrected chi connectivity index (χ0v) is 10.3. The molecule has 2 rings (SSSR count). The molecule has 1 aliphatic heterocycles. The minimum Gasteiger partial charge on any atom is -0.360 e. The second kappa shape index (κ2) is 5.82. The molecule has 1 fully saturated rings. The molecule has 5 nitrogen and oxygen atoms in total. The number of aromatic nitrogens is 2. The molecular weight excluding hydrogens is 240 g/mol. The fourth-order valence-corrected chi connectivity index (χ4v) is 1.93. The number of nitrogens with one attached hydrogen (secondary N) is 1. The quantitative estimate of drug-likeness (QED) is 0.889. The van der Waals surface area contributed by atoms with Crippen molar-refractivity contribution in [2.75, 3.05) is 25.0 Å². The van der Waals surface area contributed by atoms with Gasteiger partial charge in [-0.2, -0.15) is 0 Å². The molecule has 1 aromatic rings. The maximum absolute atomic E-state index is 11.8. The number of nitrogens with zero attached hydrogens (tertiary/aromatic N) is 3. The summed E-state index contributed by atoms with van der Waals surface area (Å²) in [6.07, 6.45) is 3.43. The van der Waals surface area contributed by atoms with Gasteiger partial charge in [0.15, 0.2) is 5.15 Å². The lowest BCUT2D eigenvalue weighted by molar-refractivity contribution is -0.130. The Morgan fingerprint density at radius 1 is 1.29 bits per heavy atom. The maximum atomic E-state index is 11.8. The summed E-state index contributed by atoms with van der Waals surface area (Å²) in [5, 5.41) is 10.8. The van der Waals surface area contributed by atoms with Crippen LogP contribution in [0.2, 0.25) is 5.15 Å². The van der Waals surface area contributed by atoms with Crippen molar-refractivity contribution in [1.82, 2.24) is 15.1 Å². The van der Waals surface area contributed by atoms with Gasteiger partial charge in [-0.15, -0.1) is 10.2 Å². The second-order valence-corrected chi connectivity index (χ2v) is 4.42. The summed E-state index contributed by atoms with van der Waals surface area (Å²) >= 11 is 5.62. The molecule has 1 aliphatic rings. The summed E-state index contributed by atoms with van der Waals surface area (Å²) in [5.74, 6) is 0.682. The number of hydrogen-bond donors (Lipinski definition) is 1. The van der Waals surface area contributed by atoms with Gasteiger partial charge < -0.3 is 10.2 Å². The Kier molecular flexibility index (Phi) is 4.14. The molecule has 0 spiro atoms. The smallest absolute Gasteiger partial charge is 0.241 e. The fourth-order valence-electron chi connectivity index (χ4n) is 1.83. The van der Waals surface area contributed by atoms with Crippen LogP contribution in [0.1, 0.15) is 19.3 Å². The van der Waals surface area contributed by atoms with Crippen molar-refractivity contribution < 1.29 is 4.79 Å². The number of carbonyl (C=O) groups excluding carboxylic acids is 1. The molecule has 0 aromatic carbocycles. The number of amides is 1. The number of halogens is 1. The first-order valence-electron chi connectivity index (χ1n) is 5.76. The molecule has 2 heterocycles. The van der Waals surface area contributed by atoms with Crippen LogP contribution in [0.25, 0.3) is 0 Å². The van der Waals surface area contributed by atoms with Crippen molar-refractivity contribution in [3.63, 3.8) is 0 Å². The van der Waals surface area contributed by atoms with Crippen LogP contribution in [0.15, 0.2) is 12.1 Å². The Bertz CT molecular complexity index is 376. The van der Waals surface area contributed by atoms with Crippen LogP contribution >= 0.6 is 11.6 Å². The van der Waals surface area contributed by atoms with Crippen molar-refractivity contribution in [2.45, 2.75) is 19.3 Å².